The molecule has 0 aliphatic carbocycles. The fourth-order valence-corrected chi connectivity index (χ4v) is 3.74. The van der Waals surface area contributed by atoms with Gasteiger partial charge in [-0.2, -0.15) is 0 Å². The number of hydrogen-bond acceptors (Lipinski definition) is 4. The number of carboxylic acid groups (broad SMARTS) is 1. The average molecular weight is 332 g/mol. The molecule has 0 aliphatic rings. The summed E-state index contributed by atoms with van der Waals surface area (Å²) < 4.78 is 0.841. The highest BCUT2D eigenvalue weighted by Gasteiger charge is 2.22. The molecule has 2 aromatic heterocycles. The lowest BCUT2D eigenvalue weighted by molar-refractivity contribution is -0.139. The number of hydrogen-bond donors (Lipinski definition) is 2. The second kappa shape index (κ2) is 5.77. The summed E-state index contributed by atoms with van der Waals surface area (Å²) >= 11 is 6.41. The van der Waals surface area contributed by atoms with Crippen LogP contribution in [0.25, 0.3) is 0 Å². The van der Waals surface area contributed by atoms with E-state index in [1.54, 1.807) is 11.3 Å². The van der Waals surface area contributed by atoms with Gasteiger partial charge in [-0.1, -0.05) is 6.07 Å². The standard InChI is InChI=1S/C11H10BrNO2S2/c12-8-3-5-17-10(8)9(11(14)15)13-6-7-2-1-4-16-7/h1-5,9,13H,6H2,(H,14,15). The Morgan fingerprint density at radius 2 is 2.24 bits per heavy atom. The quantitative estimate of drug-likeness (QED) is 0.881. The van der Waals surface area contributed by atoms with Crippen molar-refractivity contribution in [2.24, 2.45) is 0 Å². The van der Waals surface area contributed by atoms with E-state index in [1.165, 1.54) is 11.3 Å². The highest BCUT2D eigenvalue weighted by Crippen LogP contribution is 2.29. The lowest BCUT2D eigenvalue weighted by Crippen LogP contribution is -2.27. The first kappa shape index (κ1) is 12.8. The fourth-order valence-electron chi connectivity index (χ4n) is 1.42. The third-order valence-electron chi connectivity index (χ3n) is 2.21. The zero-order valence-electron chi connectivity index (χ0n) is 8.72. The van der Waals surface area contributed by atoms with Crippen LogP contribution in [0.2, 0.25) is 0 Å². The number of carboxylic acids is 1. The Bertz CT molecular complexity index is 495. The average Bonchev–Trinajstić information content (AvgIpc) is 2.91. The van der Waals surface area contributed by atoms with Crippen LogP contribution in [0.15, 0.2) is 33.4 Å². The summed E-state index contributed by atoms with van der Waals surface area (Å²) in [6.07, 6.45) is 0. The maximum atomic E-state index is 11.2. The molecule has 1 unspecified atom stereocenters. The molecule has 1 atom stereocenters. The molecule has 3 nitrogen and oxygen atoms in total. The summed E-state index contributed by atoms with van der Waals surface area (Å²) in [5, 5.41) is 16.1. The number of carbonyl (C=O) groups is 1. The smallest absolute Gasteiger partial charge is 0.326 e. The van der Waals surface area contributed by atoms with Gasteiger partial charge in [-0.05, 0) is 38.8 Å². The number of rotatable bonds is 5. The van der Waals surface area contributed by atoms with Gasteiger partial charge in [-0.3, -0.25) is 10.1 Å². The highest BCUT2D eigenvalue weighted by atomic mass is 79.9. The molecule has 2 aromatic rings. The van der Waals surface area contributed by atoms with Crippen LogP contribution >= 0.6 is 38.6 Å². The Morgan fingerprint density at radius 1 is 1.41 bits per heavy atom. The zero-order chi connectivity index (χ0) is 12.3. The van der Waals surface area contributed by atoms with Crippen molar-refractivity contribution in [3.05, 3.63) is 43.2 Å². The molecule has 6 heteroatoms. The Morgan fingerprint density at radius 3 is 2.76 bits per heavy atom. The Kier molecular flexibility index (Phi) is 4.33. The third-order valence-corrected chi connectivity index (χ3v) is 5.03. The van der Waals surface area contributed by atoms with Crippen LogP contribution < -0.4 is 5.32 Å². The number of halogens is 1. The van der Waals surface area contributed by atoms with E-state index < -0.39 is 12.0 Å². The Balaban J connectivity index is 2.09. The van der Waals surface area contributed by atoms with Crippen molar-refractivity contribution >= 4 is 44.6 Å². The van der Waals surface area contributed by atoms with Crippen molar-refractivity contribution in [2.45, 2.75) is 12.6 Å². The third kappa shape index (κ3) is 3.16. The second-order valence-corrected chi connectivity index (χ2v) is 6.20. The molecule has 0 aliphatic heterocycles. The van der Waals surface area contributed by atoms with Gasteiger partial charge in [0.2, 0.25) is 0 Å². The molecule has 0 saturated heterocycles. The van der Waals surface area contributed by atoms with Gasteiger partial charge in [0, 0.05) is 20.8 Å². The van der Waals surface area contributed by atoms with Gasteiger partial charge >= 0.3 is 5.97 Å². The first-order chi connectivity index (χ1) is 8.18. The van der Waals surface area contributed by atoms with Gasteiger partial charge < -0.3 is 5.11 Å². The Labute approximate surface area is 115 Å². The molecule has 0 saturated carbocycles. The van der Waals surface area contributed by atoms with E-state index in [-0.39, 0.29) is 0 Å². The topological polar surface area (TPSA) is 49.3 Å². The monoisotopic (exact) mass is 331 g/mol. The number of nitrogens with one attached hydrogen (secondary N) is 1. The number of aliphatic carboxylic acids is 1. The maximum Gasteiger partial charge on any atom is 0.326 e. The number of thiophene rings is 2. The largest absolute Gasteiger partial charge is 0.480 e. The molecule has 2 N–H and O–H groups in total. The minimum atomic E-state index is -0.857. The van der Waals surface area contributed by atoms with E-state index in [4.69, 9.17) is 0 Å². The summed E-state index contributed by atoms with van der Waals surface area (Å²) in [5.74, 6) is -0.857. The van der Waals surface area contributed by atoms with E-state index in [0.29, 0.717) is 6.54 Å². The van der Waals surface area contributed by atoms with Gasteiger partial charge in [0.25, 0.3) is 0 Å². The molecule has 0 spiro atoms. The molecular weight excluding hydrogens is 322 g/mol. The summed E-state index contributed by atoms with van der Waals surface area (Å²) in [6, 6.07) is 5.15. The van der Waals surface area contributed by atoms with Crippen LogP contribution in [0.4, 0.5) is 0 Å². The van der Waals surface area contributed by atoms with Gasteiger partial charge in [0.05, 0.1) is 0 Å². The summed E-state index contributed by atoms with van der Waals surface area (Å²) in [4.78, 5) is 13.2. The molecule has 90 valence electrons. The lowest BCUT2D eigenvalue weighted by Gasteiger charge is -2.12. The lowest BCUT2D eigenvalue weighted by atomic mass is 10.2. The van der Waals surface area contributed by atoms with Crippen molar-refractivity contribution in [3.8, 4) is 0 Å². The molecular formula is C11H10BrNO2S2. The predicted octanol–water partition coefficient (Wildman–Crippen LogP) is 3.49. The van der Waals surface area contributed by atoms with E-state index in [0.717, 1.165) is 14.2 Å². The van der Waals surface area contributed by atoms with E-state index in [2.05, 4.69) is 21.2 Å². The van der Waals surface area contributed by atoms with Crippen molar-refractivity contribution < 1.29 is 9.90 Å². The van der Waals surface area contributed by atoms with Crippen LogP contribution in [-0.2, 0) is 11.3 Å². The van der Waals surface area contributed by atoms with Gasteiger partial charge in [0.1, 0.15) is 6.04 Å². The minimum absolute atomic E-state index is 0.568. The van der Waals surface area contributed by atoms with Crippen LogP contribution in [0, 0.1) is 0 Å². The first-order valence-electron chi connectivity index (χ1n) is 4.90. The summed E-state index contributed by atoms with van der Waals surface area (Å²) in [7, 11) is 0. The van der Waals surface area contributed by atoms with Crippen LogP contribution in [0.1, 0.15) is 15.8 Å². The molecule has 2 heterocycles. The van der Waals surface area contributed by atoms with Gasteiger partial charge in [-0.15, -0.1) is 22.7 Å². The summed E-state index contributed by atoms with van der Waals surface area (Å²) in [6.45, 7) is 0.568. The molecule has 2 rings (SSSR count). The molecule has 17 heavy (non-hydrogen) atoms. The highest BCUT2D eigenvalue weighted by molar-refractivity contribution is 9.10. The van der Waals surface area contributed by atoms with E-state index >= 15 is 0 Å². The van der Waals surface area contributed by atoms with Crippen molar-refractivity contribution in [1.29, 1.82) is 0 Å². The summed E-state index contributed by atoms with van der Waals surface area (Å²) in [5.41, 5.74) is 0. The first-order valence-corrected chi connectivity index (χ1v) is 7.45. The van der Waals surface area contributed by atoms with Gasteiger partial charge in [0.15, 0.2) is 0 Å². The van der Waals surface area contributed by atoms with Crippen molar-refractivity contribution in [1.82, 2.24) is 5.32 Å². The predicted molar refractivity (Wildman–Crippen MR) is 73.6 cm³/mol. The van der Waals surface area contributed by atoms with E-state index in [9.17, 15) is 9.90 Å². The minimum Gasteiger partial charge on any atom is -0.480 e. The van der Waals surface area contributed by atoms with Crippen LogP contribution in [-0.4, -0.2) is 11.1 Å². The molecule has 0 bridgehead atoms. The van der Waals surface area contributed by atoms with Crippen molar-refractivity contribution in [3.63, 3.8) is 0 Å². The molecule has 0 fully saturated rings. The second-order valence-electron chi connectivity index (χ2n) is 3.36. The van der Waals surface area contributed by atoms with Crippen LogP contribution in [0.3, 0.4) is 0 Å². The molecule has 0 aromatic carbocycles. The zero-order valence-corrected chi connectivity index (χ0v) is 11.9. The van der Waals surface area contributed by atoms with Crippen LogP contribution in [0.5, 0.6) is 0 Å². The van der Waals surface area contributed by atoms with E-state index in [1.807, 2.05) is 29.0 Å². The fraction of sp³-hybridized carbons (Fsp3) is 0.182. The normalized spacial score (nSPS) is 12.5. The molecule has 0 amide bonds. The SMILES string of the molecule is O=C(O)C(NCc1cccs1)c1sccc1Br. The Hall–Kier alpha value is -0.690. The molecule has 0 radical (unpaired) electrons. The maximum absolute atomic E-state index is 11.2. The van der Waals surface area contributed by atoms with Crippen molar-refractivity contribution in [2.75, 3.05) is 0 Å². The van der Waals surface area contributed by atoms with Gasteiger partial charge in [-0.25, -0.2) is 0 Å².